The fraction of sp³-hybridized carbons (Fsp3) is 0.667. The quantitative estimate of drug-likeness (QED) is 0.836. The molecule has 5 nitrogen and oxygen atoms in total. The number of nitrogens with one attached hydrogen (secondary N) is 1. The van der Waals surface area contributed by atoms with Crippen LogP contribution >= 0.6 is 0 Å². The highest BCUT2D eigenvalue weighted by Gasteiger charge is 2.22. The fourth-order valence-corrected chi connectivity index (χ4v) is 3.15. The molecule has 1 aromatic heterocycles. The third kappa shape index (κ3) is 5.20. The molecule has 1 aromatic rings. The van der Waals surface area contributed by atoms with Crippen LogP contribution in [0, 0.1) is 0 Å². The standard InChI is InChI=1S/C18H29N3O2/c1-4-17(15-9-11-19-12-10-15)21(3)18(22)20-14(2)7-8-16-6-5-13-23-16/h9-12,14,16-17H,4-8,13H2,1-3H3,(H,20,22)/t14-,16-,17-/m1/s1. The van der Waals surface area contributed by atoms with Crippen molar-refractivity contribution in [3.63, 3.8) is 0 Å². The zero-order chi connectivity index (χ0) is 16.7. The van der Waals surface area contributed by atoms with E-state index in [0.717, 1.165) is 44.3 Å². The second-order valence-electron chi connectivity index (χ2n) is 6.38. The zero-order valence-electron chi connectivity index (χ0n) is 14.5. The van der Waals surface area contributed by atoms with Gasteiger partial charge in [0.2, 0.25) is 0 Å². The SMILES string of the molecule is CC[C@H](c1ccncc1)N(C)C(=O)N[C@H](C)CC[C@H]1CCCO1. The molecule has 23 heavy (non-hydrogen) atoms. The van der Waals surface area contributed by atoms with E-state index in [1.54, 1.807) is 17.3 Å². The molecule has 0 saturated carbocycles. The molecule has 0 radical (unpaired) electrons. The molecule has 2 rings (SSSR count). The lowest BCUT2D eigenvalue weighted by molar-refractivity contribution is 0.0998. The number of ether oxygens (including phenoxy) is 1. The largest absolute Gasteiger partial charge is 0.378 e. The van der Waals surface area contributed by atoms with Crippen LogP contribution in [0.1, 0.15) is 57.6 Å². The van der Waals surface area contributed by atoms with E-state index in [0.29, 0.717) is 6.10 Å². The molecule has 2 amide bonds. The molecule has 1 saturated heterocycles. The summed E-state index contributed by atoms with van der Waals surface area (Å²) in [5.74, 6) is 0. The van der Waals surface area contributed by atoms with E-state index in [1.165, 1.54) is 0 Å². The van der Waals surface area contributed by atoms with Gasteiger partial charge in [0, 0.05) is 32.1 Å². The molecule has 5 heteroatoms. The first-order valence-electron chi connectivity index (χ1n) is 8.66. The van der Waals surface area contributed by atoms with Gasteiger partial charge in [-0.3, -0.25) is 4.98 Å². The Balaban J connectivity index is 1.82. The van der Waals surface area contributed by atoms with Gasteiger partial charge in [-0.05, 0) is 56.7 Å². The summed E-state index contributed by atoms with van der Waals surface area (Å²) in [6.45, 7) is 5.04. The Morgan fingerprint density at radius 2 is 2.22 bits per heavy atom. The Hall–Kier alpha value is -1.62. The summed E-state index contributed by atoms with van der Waals surface area (Å²) >= 11 is 0. The highest BCUT2D eigenvalue weighted by atomic mass is 16.5. The van der Waals surface area contributed by atoms with E-state index in [-0.39, 0.29) is 18.1 Å². The molecule has 0 unspecified atom stereocenters. The Labute approximate surface area is 139 Å². The van der Waals surface area contributed by atoms with Gasteiger partial charge in [0.15, 0.2) is 0 Å². The minimum atomic E-state index is -0.0199. The number of nitrogens with zero attached hydrogens (tertiary/aromatic N) is 2. The molecule has 128 valence electrons. The van der Waals surface area contributed by atoms with Gasteiger partial charge in [-0.25, -0.2) is 4.79 Å². The number of amides is 2. The van der Waals surface area contributed by atoms with Crippen molar-refractivity contribution in [1.82, 2.24) is 15.2 Å². The van der Waals surface area contributed by atoms with Crippen LogP contribution in [-0.4, -0.2) is 41.7 Å². The van der Waals surface area contributed by atoms with Crippen LogP contribution in [0.5, 0.6) is 0 Å². The van der Waals surface area contributed by atoms with E-state index in [2.05, 4.69) is 24.1 Å². The van der Waals surface area contributed by atoms with Crippen molar-refractivity contribution in [2.45, 2.75) is 64.1 Å². The molecule has 0 bridgehead atoms. The number of aromatic nitrogens is 1. The van der Waals surface area contributed by atoms with Crippen LogP contribution in [0.25, 0.3) is 0 Å². The van der Waals surface area contributed by atoms with E-state index in [9.17, 15) is 4.79 Å². The highest BCUT2D eigenvalue weighted by molar-refractivity contribution is 5.74. The molecule has 1 aliphatic heterocycles. The van der Waals surface area contributed by atoms with Crippen molar-refractivity contribution < 1.29 is 9.53 Å². The van der Waals surface area contributed by atoms with E-state index in [4.69, 9.17) is 4.74 Å². The molecule has 1 N–H and O–H groups in total. The number of carbonyl (C=O) groups excluding carboxylic acids is 1. The number of rotatable bonds is 7. The minimum absolute atomic E-state index is 0.0199. The second kappa shape index (κ2) is 8.87. The van der Waals surface area contributed by atoms with Crippen LogP contribution in [0.3, 0.4) is 0 Å². The van der Waals surface area contributed by atoms with Gasteiger partial charge >= 0.3 is 6.03 Å². The highest BCUT2D eigenvalue weighted by Crippen LogP contribution is 2.22. The van der Waals surface area contributed by atoms with Crippen molar-refractivity contribution in [2.75, 3.05) is 13.7 Å². The third-order valence-corrected chi connectivity index (χ3v) is 4.58. The maximum atomic E-state index is 12.5. The van der Waals surface area contributed by atoms with Crippen molar-refractivity contribution in [3.05, 3.63) is 30.1 Å². The van der Waals surface area contributed by atoms with E-state index < -0.39 is 0 Å². The van der Waals surface area contributed by atoms with Crippen LogP contribution in [0.2, 0.25) is 0 Å². The van der Waals surface area contributed by atoms with Crippen LogP contribution in [-0.2, 0) is 4.74 Å². The summed E-state index contributed by atoms with van der Waals surface area (Å²) in [5.41, 5.74) is 1.12. The lowest BCUT2D eigenvalue weighted by Crippen LogP contribution is -2.43. The first-order chi connectivity index (χ1) is 11.1. The van der Waals surface area contributed by atoms with Crippen LogP contribution in [0.15, 0.2) is 24.5 Å². The van der Waals surface area contributed by atoms with Crippen molar-refractivity contribution >= 4 is 6.03 Å². The first-order valence-corrected chi connectivity index (χ1v) is 8.66. The molecule has 2 heterocycles. The van der Waals surface area contributed by atoms with Gasteiger partial charge in [0.25, 0.3) is 0 Å². The molecular weight excluding hydrogens is 290 g/mol. The van der Waals surface area contributed by atoms with Crippen molar-refractivity contribution in [2.24, 2.45) is 0 Å². The monoisotopic (exact) mass is 319 g/mol. The summed E-state index contributed by atoms with van der Waals surface area (Å²) in [6, 6.07) is 4.15. The van der Waals surface area contributed by atoms with Gasteiger partial charge in [-0.2, -0.15) is 0 Å². The topological polar surface area (TPSA) is 54.5 Å². The van der Waals surface area contributed by atoms with Crippen molar-refractivity contribution in [1.29, 1.82) is 0 Å². The Kier molecular flexibility index (Phi) is 6.84. The average Bonchev–Trinajstić information content (AvgIpc) is 3.08. The van der Waals surface area contributed by atoms with Gasteiger partial charge in [-0.1, -0.05) is 6.92 Å². The maximum absolute atomic E-state index is 12.5. The molecule has 3 atom stereocenters. The first kappa shape index (κ1) is 17.7. The fourth-order valence-electron chi connectivity index (χ4n) is 3.15. The van der Waals surface area contributed by atoms with Gasteiger partial charge in [0.1, 0.15) is 0 Å². The molecular formula is C18H29N3O2. The molecule has 1 fully saturated rings. The Morgan fingerprint density at radius 3 is 2.83 bits per heavy atom. The van der Waals surface area contributed by atoms with Gasteiger partial charge < -0.3 is 15.0 Å². The molecule has 0 spiro atoms. The lowest BCUT2D eigenvalue weighted by atomic mass is 10.0. The van der Waals surface area contributed by atoms with Gasteiger partial charge in [0.05, 0.1) is 12.1 Å². The number of hydrogen-bond acceptors (Lipinski definition) is 3. The number of urea groups is 1. The summed E-state index contributed by atoms with van der Waals surface area (Å²) < 4.78 is 5.64. The normalized spacial score (nSPS) is 20.0. The number of carbonyl (C=O) groups is 1. The minimum Gasteiger partial charge on any atom is -0.378 e. The maximum Gasteiger partial charge on any atom is 0.317 e. The summed E-state index contributed by atoms with van der Waals surface area (Å²) in [7, 11) is 1.86. The molecule has 0 aliphatic carbocycles. The second-order valence-corrected chi connectivity index (χ2v) is 6.38. The number of pyridine rings is 1. The lowest BCUT2D eigenvalue weighted by Gasteiger charge is -2.29. The molecule has 0 aromatic carbocycles. The Morgan fingerprint density at radius 1 is 1.48 bits per heavy atom. The van der Waals surface area contributed by atoms with E-state index in [1.807, 2.05) is 19.2 Å². The number of hydrogen-bond donors (Lipinski definition) is 1. The van der Waals surface area contributed by atoms with Crippen LogP contribution in [0.4, 0.5) is 4.79 Å². The van der Waals surface area contributed by atoms with Gasteiger partial charge in [-0.15, -0.1) is 0 Å². The van der Waals surface area contributed by atoms with E-state index >= 15 is 0 Å². The Bertz CT molecular complexity index is 474. The predicted molar refractivity (Wildman–Crippen MR) is 91.2 cm³/mol. The van der Waals surface area contributed by atoms with Crippen molar-refractivity contribution in [3.8, 4) is 0 Å². The summed E-state index contributed by atoms with van der Waals surface area (Å²) in [5, 5.41) is 3.10. The van der Waals surface area contributed by atoms with Crippen LogP contribution < -0.4 is 5.32 Å². The average molecular weight is 319 g/mol. The smallest absolute Gasteiger partial charge is 0.317 e. The third-order valence-electron chi connectivity index (χ3n) is 4.58. The molecule has 1 aliphatic rings. The zero-order valence-corrected chi connectivity index (χ0v) is 14.5. The summed E-state index contributed by atoms with van der Waals surface area (Å²) in [4.78, 5) is 18.3. The predicted octanol–water partition coefficient (Wildman–Crippen LogP) is 3.52. The summed E-state index contributed by atoms with van der Waals surface area (Å²) in [6.07, 6.45) is 9.09.